The highest BCUT2D eigenvalue weighted by molar-refractivity contribution is 14.1. The molecule has 0 aromatic heterocycles. The zero-order valence-corrected chi connectivity index (χ0v) is 11.5. The monoisotopic (exact) mass is 414 g/mol. The van der Waals surface area contributed by atoms with Crippen molar-refractivity contribution >= 4 is 28.8 Å². The molecule has 0 aliphatic rings. The maximum absolute atomic E-state index is 12.8. The van der Waals surface area contributed by atoms with Crippen LogP contribution >= 0.6 is 22.6 Å². The molecule has 0 fully saturated rings. The summed E-state index contributed by atoms with van der Waals surface area (Å²) >= 11 is 1.96. The van der Waals surface area contributed by atoms with E-state index in [9.17, 15) is 30.7 Å². The maximum atomic E-state index is 12.8. The second-order valence-corrected chi connectivity index (χ2v) is 4.81. The van der Waals surface area contributed by atoms with Crippen LogP contribution in [0.25, 0.3) is 0 Å². The van der Waals surface area contributed by atoms with Crippen LogP contribution in [0.4, 0.5) is 30.7 Å². The van der Waals surface area contributed by atoms with Gasteiger partial charge in [0, 0.05) is 3.57 Å². The second-order valence-electron chi connectivity index (χ2n) is 3.57. The molecule has 1 aromatic rings. The standard InChI is InChI=1S/C10H6F7IN2/c11-8(12,9(13,14)15)10(16,17)20-19-5-6-1-3-7(18)4-2-6/h1-5,20H/b19-5+. The maximum Gasteiger partial charge on any atom is 0.462 e. The Morgan fingerprint density at radius 2 is 1.45 bits per heavy atom. The van der Waals surface area contributed by atoms with E-state index in [-0.39, 0.29) is 5.56 Å². The van der Waals surface area contributed by atoms with Crippen molar-refractivity contribution in [2.75, 3.05) is 0 Å². The summed E-state index contributed by atoms with van der Waals surface area (Å²) in [4.78, 5) is 0. The van der Waals surface area contributed by atoms with E-state index >= 15 is 0 Å². The van der Waals surface area contributed by atoms with Crippen LogP contribution in [0, 0.1) is 3.57 Å². The van der Waals surface area contributed by atoms with Crippen LogP contribution in [-0.4, -0.2) is 24.4 Å². The molecule has 0 saturated carbocycles. The molecule has 112 valence electrons. The van der Waals surface area contributed by atoms with Crippen LogP contribution in [0.3, 0.4) is 0 Å². The van der Waals surface area contributed by atoms with Gasteiger partial charge in [0.05, 0.1) is 6.21 Å². The normalized spacial score (nSPS) is 13.8. The second kappa shape index (κ2) is 5.74. The Kier molecular flexibility index (Phi) is 4.87. The lowest BCUT2D eigenvalue weighted by Crippen LogP contribution is -2.58. The minimum Gasteiger partial charge on any atom is -0.242 e. The summed E-state index contributed by atoms with van der Waals surface area (Å²) in [6.07, 6.45) is -5.68. The fourth-order valence-corrected chi connectivity index (χ4v) is 1.34. The highest BCUT2D eigenvalue weighted by Crippen LogP contribution is 2.44. The van der Waals surface area contributed by atoms with Crippen LogP contribution in [0.1, 0.15) is 5.56 Å². The predicted molar refractivity (Wildman–Crippen MR) is 65.8 cm³/mol. The largest absolute Gasteiger partial charge is 0.462 e. The molecule has 0 aliphatic carbocycles. The highest BCUT2D eigenvalue weighted by Gasteiger charge is 2.73. The quantitative estimate of drug-likeness (QED) is 0.260. The van der Waals surface area contributed by atoms with Crippen LogP contribution in [0.5, 0.6) is 0 Å². The van der Waals surface area contributed by atoms with Gasteiger partial charge in [-0.05, 0) is 40.3 Å². The first kappa shape index (κ1) is 17.0. The molecule has 0 bridgehead atoms. The number of nitrogens with zero attached hydrogens (tertiary/aromatic N) is 1. The van der Waals surface area contributed by atoms with Crippen molar-refractivity contribution in [1.82, 2.24) is 5.43 Å². The SMILES string of the molecule is FC(F)(F)C(F)(F)C(F)(F)N/N=C/c1ccc(I)cc1. The van der Waals surface area contributed by atoms with E-state index in [1.54, 1.807) is 12.1 Å². The molecule has 0 saturated heterocycles. The van der Waals surface area contributed by atoms with E-state index in [1.807, 2.05) is 22.6 Å². The summed E-state index contributed by atoms with van der Waals surface area (Å²) in [7, 11) is 0. The fraction of sp³-hybridized carbons (Fsp3) is 0.300. The number of halogens is 8. The van der Waals surface area contributed by atoms with Gasteiger partial charge >= 0.3 is 18.1 Å². The topological polar surface area (TPSA) is 24.4 Å². The number of hydrogen-bond donors (Lipinski definition) is 1. The lowest BCUT2D eigenvalue weighted by atomic mass is 10.2. The van der Waals surface area contributed by atoms with E-state index < -0.39 is 18.1 Å². The van der Waals surface area contributed by atoms with Crippen molar-refractivity contribution in [3.05, 3.63) is 33.4 Å². The lowest BCUT2D eigenvalue weighted by Gasteiger charge is -2.27. The third-order valence-corrected chi connectivity index (χ3v) is 2.76. The van der Waals surface area contributed by atoms with Gasteiger partial charge in [-0.3, -0.25) is 0 Å². The molecular weight excluding hydrogens is 408 g/mol. The zero-order chi connectivity index (χ0) is 15.6. The third-order valence-electron chi connectivity index (χ3n) is 2.04. The number of benzene rings is 1. The van der Waals surface area contributed by atoms with Crippen LogP contribution in [0.15, 0.2) is 29.4 Å². The highest BCUT2D eigenvalue weighted by atomic mass is 127. The molecule has 0 radical (unpaired) electrons. The Hall–Kier alpha value is -1.07. The Morgan fingerprint density at radius 3 is 1.90 bits per heavy atom. The van der Waals surface area contributed by atoms with E-state index in [0.29, 0.717) is 11.6 Å². The number of nitrogens with one attached hydrogen (secondary N) is 1. The van der Waals surface area contributed by atoms with E-state index in [2.05, 4.69) is 5.10 Å². The average Bonchev–Trinajstić information content (AvgIpc) is 2.30. The molecule has 1 N–H and O–H groups in total. The lowest BCUT2D eigenvalue weighted by molar-refractivity contribution is -0.361. The Bertz CT molecular complexity index is 481. The number of alkyl halides is 7. The molecule has 0 atom stereocenters. The van der Waals surface area contributed by atoms with Gasteiger partial charge in [-0.15, -0.1) is 0 Å². The van der Waals surface area contributed by atoms with Gasteiger partial charge in [0.15, 0.2) is 0 Å². The number of rotatable bonds is 4. The predicted octanol–water partition coefficient (Wildman–Crippen LogP) is 4.01. The van der Waals surface area contributed by atoms with Gasteiger partial charge in [-0.2, -0.15) is 35.8 Å². The summed E-state index contributed by atoms with van der Waals surface area (Å²) < 4.78 is 86.7. The first-order valence-electron chi connectivity index (χ1n) is 4.85. The zero-order valence-electron chi connectivity index (χ0n) is 9.36. The summed E-state index contributed by atoms with van der Waals surface area (Å²) in [6, 6.07) is 0.444. The molecule has 0 aliphatic heterocycles. The van der Waals surface area contributed by atoms with Crippen molar-refractivity contribution < 1.29 is 30.7 Å². The van der Waals surface area contributed by atoms with E-state index in [4.69, 9.17) is 0 Å². The van der Waals surface area contributed by atoms with Crippen LogP contribution in [0.2, 0.25) is 0 Å². The number of hydrazone groups is 1. The first-order chi connectivity index (χ1) is 8.97. The van der Waals surface area contributed by atoms with Gasteiger partial charge in [-0.1, -0.05) is 12.1 Å². The summed E-state index contributed by atoms with van der Waals surface area (Å²) in [5.74, 6) is -6.23. The minimum atomic E-state index is -6.39. The smallest absolute Gasteiger partial charge is 0.242 e. The molecule has 20 heavy (non-hydrogen) atoms. The molecule has 0 spiro atoms. The minimum absolute atomic E-state index is 0.254. The molecular formula is C10H6F7IN2. The van der Waals surface area contributed by atoms with Crippen molar-refractivity contribution in [1.29, 1.82) is 0 Å². The average molecular weight is 414 g/mol. The van der Waals surface area contributed by atoms with Gasteiger partial charge in [0.2, 0.25) is 0 Å². The summed E-state index contributed by atoms with van der Waals surface area (Å²) in [5, 5.41) is 2.72. The van der Waals surface area contributed by atoms with Crippen molar-refractivity contribution in [2.45, 2.75) is 18.1 Å². The molecule has 0 heterocycles. The van der Waals surface area contributed by atoms with Gasteiger partial charge in [0.25, 0.3) is 0 Å². The summed E-state index contributed by atoms with van der Waals surface area (Å²) in [5.41, 5.74) is 0.787. The Labute approximate surface area is 122 Å². The molecule has 10 heteroatoms. The first-order valence-corrected chi connectivity index (χ1v) is 5.93. The molecule has 0 unspecified atom stereocenters. The molecule has 0 amide bonds. The van der Waals surface area contributed by atoms with Crippen LogP contribution < -0.4 is 5.43 Å². The molecule has 1 aromatic carbocycles. The van der Waals surface area contributed by atoms with Gasteiger partial charge < -0.3 is 0 Å². The van der Waals surface area contributed by atoms with Crippen molar-refractivity contribution in [3.63, 3.8) is 0 Å². The number of hydrogen-bond acceptors (Lipinski definition) is 2. The van der Waals surface area contributed by atoms with E-state index in [0.717, 1.165) is 3.57 Å². The fourth-order valence-electron chi connectivity index (χ4n) is 0.985. The molecule has 2 nitrogen and oxygen atoms in total. The van der Waals surface area contributed by atoms with Crippen molar-refractivity contribution in [2.24, 2.45) is 5.10 Å². The van der Waals surface area contributed by atoms with Gasteiger partial charge in [-0.25, -0.2) is 5.43 Å². The molecule has 1 rings (SSSR count). The third kappa shape index (κ3) is 3.73. The van der Waals surface area contributed by atoms with Crippen LogP contribution in [-0.2, 0) is 0 Å². The van der Waals surface area contributed by atoms with Crippen molar-refractivity contribution in [3.8, 4) is 0 Å². The Balaban J connectivity index is 2.79. The van der Waals surface area contributed by atoms with E-state index in [1.165, 1.54) is 12.1 Å². The van der Waals surface area contributed by atoms with Gasteiger partial charge in [0.1, 0.15) is 0 Å². The Morgan fingerprint density at radius 1 is 0.950 bits per heavy atom. The summed E-state index contributed by atoms with van der Waals surface area (Å²) in [6.45, 7) is 0.